The van der Waals surface area contributed by atoms with Crippen LogP contribution in [0.25, 0.3) is 33.4 Å². The Hall–Kier alpha value is -5.27. The van der Waals surface area contributed by atoms with E-state index in [2.05, 4.69) is 36.9 Å². The van der Waals surface area contributed by atoms with Gasteiger partial charge in [-0.2, -0.15) is 0 Å². The van der Waals surface area contributed by atoms with Crippen LogP contribution in [0.4, 0.5) is 16.3 Å². The summed E-state index contributed by atoms with van der Waals surface area (Å²) >= 11 is 7.26. The fourth-order valence-corrected chi connectivity index (χ4v) is 8.59. The zero-order chi connectivity index (χ0) is 36.5. The molecule has 1 aliphatic carbocycles. The van der Waals surface area contributed by atoms with Crippen molar-refractivity contribution in [3.05, 3.63) is 90.8 Å². The van der Waals surface area contributed by atoms with Gasteiger partial charge >= 0.3 is 11.7 Å². The lowest BCUT2D eigenvalue weighted by atomic mass is 9.93. The minimum absolute atomic E-state index is 0.0863. The zero-order valence-electron chi connectivity index (χ0n) is 29.8. The Labute approximate surface area is 305 Å². The summed E-state index contributed by atoms with van der Waals surface area (Å²) in [6.07, 6.45) is 3.68. The molecule has 8 rings (SSSR count). The zero-order valence-corrected chi connectivity index (χ0v) is 30.5. The van der Waals surface area contributed by atoms with E-state index in [1.54, 1.807) is 21.1 Å². The van der Waals surface area contributed by atoms with Gasteiger partial charge < -0.3 is 20.7 Å². The highest BCUT2D eigenvalue weighted by Crippen LogP contribution is 2.46. The van der Waals surface area contributed by atoms with Gasteiger partial charge in [-0.1, -0.05) is 41.9 Å². The summed E-state index contributed by atoms with van der Waals surface area (Å²) in [6, 6.07) is 14.0. The molecule has 0 saturated carbocycles. The minimum Gasteiger partial charge on any atom is -0.481 e. The number of pyridine rings is 1. The molecule has 2 atom stereocenters. The average Bonchev–Trinajstić information content (AvgIpc) is 3.74. The van der Waals surface area contributed by atoms with E-state index in [4.69, 9.17) is 21.3 Å². The second-order valence-electron chi connectivity index (χ2n) is 14.1. The number of anilines is 2. The maximum Gasteiger partial charge on any atom is 0.332 e. The Bertz CT molecular complexity index is 2430. The molecule has 3 N–H and O–H groups in total. The van der Waals surface area contributed by atoms with Crippen molar-refractivity contribution in [1.29, 1.82) is 0 Å². The molecule has 14 heteroatoms. The van der Waals surface area contributed by atoms with E-state index < -0.39 is 11.2 Å². The van der Waals surface area contributed by atoms with Crippen LogP contribution in [0.3, 0.4) is 0 Å². The quantitative estimate of drug-likeness (QED) is 0.222. The fourth-order valence-electron chi connectivity index (χ4n) is 8.27. The molecule has 0 radical (unpaired) electrons. The number of carbonyl (C=O) groups is 1. The number of benzene rings is 2. The average molecular weight is 722 g/mol. The van der Waals surface area contributed by atoms with E-state index in [0.717, 1.165) is 82.5 Å². The summed E-state index contributed by atoms with van der Waals surface area (Å²) < 4.78 is 8.36. The number of amides is 2. The van der Waals surface area contributed by atoms with Gasteiger partial charge in [0.2, 0.25) is 5.88 Å². The minimum atomic E-state index is -0.478. The number of hydrogen-bond acceptors (Lipinski definition) is 9. The number of urea groups is 1. The number of aryl methyl sites for hydroxylation is 3. The van der Waals surface area contributed by atoms with Crippen molar-refractivity contribution in [2.24, 2.45) is 14.1 Å². The van der Waals surface area contributed by atoms with Gasteiger partial charge in [0.25, 0.3) is 5.56 Å². The van der Waals surface area contributed by atoms with Crippen molar-refractivity contribution in [2.75, 3.05) is 32.1 Å². The van der Waals surface area contributed by atoms with Crippen LogP contribution in [0.2, 0.25) is 5.02 Å². The fraction of sp³-hybridized carbons (Fsp3) is 0.368. The van der Waals surface area contributed by atoms with Crippen molar-refractivity contribution in [3.8, 4) is 28.3 Å². The summed E-state index contributed by atoms with van der Waals surface area (Å²) in [5, 5.41) is 10.2. The number of methoxy groups -OCH3 is 1. The van der Waals surface area contributed by atoms with Crippen molar-refractivity contribution in [2.45, 2.75) is 51.1 Å². The number of nitrogens with zero attached hydrogens (tertiary/aromatic N) is 6. The molecule has 2 saturated heterocycles. The molecule has 2 fully saturated rings. The van der Waals surface area contributed by atoms with E-state index in [9.17, 15) is 14.4 Å². The van der Waals surface area contributed by atoms with Crippen molar-refractivity contribution >= 4 is 40.2 Å². The number of carbonyl (C=O) groups excluding carboxylic acids is 1. The van der Waals surface area contributed by atoms with Gasteiger partial charge in [0.1, 0.15) is 17.0 Å². The highest BCUT2D eigenvalue weighted by Gasteiger charge is 2.45. The van der Waals surface area contributed by atoms with Gasteiger partial charge in [-0.3, -0.25) is 18.8 Å². The Balaban J connectivity index is 1.13. The standard InChI is InChI=1S/C38H40ClN9O4/c1-20-23(8-7-11-26(20)43-32-30-33(42-21(2)41-32)46(3)37(51)47(4)35(30)49)24-9-6-10-25(31(24)39)27-18-22-12-13-28(29(22)34(44-27)52-5)48-17-15-38(19-48)14-16-40-36(50)45-38/h6-11,18,28H,12-17,19H2,1-5H3,(H2,40,45,50)(H,41,42,43)/t28-,38-/m1/s1. The Morgan fingerprint density at radius 3 is 2.54 bits per heavy atom. The second kappa shape index (κ2) is 12.7. The lowest BCUT2D eigenvalue weighted by Gasteiger charge is -2.36. The molecule has 268 valence electrons. The van der Waals surface area contributed by atoms with E-state index in [-0.39, 0.29) is 28.6 Å². The molecule has 0 unspecified atom stereocenters. The van der Waals surface area contributed by atoms with Crippen molar-refractivity contribution in [3.63, 3.8) is 0 Å². The number of halogens is 1. The lowest BCUT2D eigenvalue weighted by Crippen LogP contribution is -2.59. The lowest BCUT2D eigenvalue weighted by molar-refractivity contribution is 0.187. The molecular formula is C38H40ClN9O4. The van der Waals surface area contributed by atoms with E-state index in [1.807, 2.05) is 43.3 Å². The van der Waals surface area contributed by atoms with Crippen LogP contribution in [0.5, 0.6) is 5.88 Å². The van der Waals surface area contributed by atoms with Gasteiger partial charge in [-0.15, -0.1) is 0 Å². The normalized spacial score (nSPS) is 19.9. The van der Waals surface area contributed by atoms with Crippen LogP contribution in [0.15, 0.2) is 52.1 Å². The van der Waals surface area contributed by atoms with Crippen LogP contribution in [-0.2, 0) is 20.5 Å². The number of ether oxygens (including phenoxy) is 1. The monoisotopic (exact) mass is 721 g/mol. The van der Waals surface area contributed by atoms with Crippen LogP contribution < -0.4 is 31.9 Å². The molecule has 13 nitrogen and oxygen atoms in total. The molecule has 2 aromatic carbocycles. The first-order chi connectivity index (χ1) is 25.0. The number of rotatable bonds is 6. The molecule has 2 amide bonds. The molecule has 5 aromatic rings. The highest BCUT2D eigenvalue weighted by molar-refractivity contribution is 6.36. The number of hydrogen-bond donors (Lipinski definition) is 3. The smallest absolute Gasteiger partial charge is 0.332 e. The Morgan fingerprint density at radius 2 is 1.75 bits per heavy atom. The first kappa shape index (κ1) is 33.9. The first-order valence-corrected chi connectivity index (χ1v) is 17.8. The second-order valence-corrected chi connectivity index (χ2v) is 14.4. The molecule has 52 heavy (non-hydrogen) atoms. The molecular weight excluding hydrogens is 682 g/mol. The maximum absolute atomic E-state index is 13.3. The number of fused-ring (bicyclic) bond motifs is 2. The largest absolute Gasteiger partial charge is 0.481 e. The van der Waals surface area contributed by atoms with E-state index in [0.29, 0.717) is 29.1 Å². The molecule has 2 aliphatic heterocycles. The van der Waals surface area contributed by atoms with Gasteiger partial charge in [0.15, 0.2) is 5.65 Å². The molecule has 3 aromatic heterocycles. The van der Waals surface area contributed by atoms with Crippen molar-refractivity contribution in [1.82, 2.24) is 39.6 Å². The number of nitrogens with one attached hydrogen (secondary N) is 3. The molecule has 5 heterocycles. The van der Waals surface area contributed by atoms with Crippen LogP contribution in [0, 0.1) is 13.8 Å². The van der Waals surface area contributed by atoms with E-state index >= 15 is 0 Å². The predicted octanol–water partition coefficient (Wildman–Crippen LogP) is 4.91. The third-order valence-corrected chi connectivity index (χ3v) is 11.4. The molecule has 0 bridgehead atoms. The summed E-state index contributed by atoms with van der Waals surface area (Å²) in [5.41, 5.74) is 6.32. The van der Waals surface area contributed by atoms with Crippen molar-refractivity contribution < 1.29 is 9.53 Å². The predicted molar refractivity (Wildman–Crippen MR) is 201 cm³/mol. The number of likely N-dealkylation sites (tertiary alicyclic amines) is 1. The SMILES string of the molecule is COc1nc(-c2cccc(-c3cccc(Nc4nc(C)nc5c4c(=O)n(C)c(=O)n5C)c3C)c2Cl)cc2c1[C@H](N1CC[C@]3(CCNC(=O)N3)C1)CC2. The van der Waals surface area contributed by atoms with Gasteiger partial charge in [0.05, 0.1) is 23.4 Å². The summed E-state index contributed by atoms with van der Waals surface area (Å²) in [6.45, 7) is 6.11. The van der Waals surface area contributed by atoms with Crippen LogP contribution in [-0.4, -0.2) is 67.3 Å². The third-order valence-electron chi connectivity index (χ3n) is 11.0. The van der Waals surface area contributed by atoms with Gasteiger partial charge in [-0.25, -0.2) is 24.5 Å². The highest BCUT2D eigenvalue weighted by atomic mass is 35.5. The maximum atomic E-state index is 13.3. The molecule has 3 aliphatic rings. The summed E-state index contributed by atoms with van der Waals surface area (Å²) in [7, 11) is 4.69. The first-order valence-electron chi connectivity index (χ1n) is 17.5. The Kier molecular flexibility index (Phi) is 8.30. The van der Waals surface area contributed by atoms with Gasteiger partial charge in [0, 0.05) is 62.1 Å². The van der Waals surface area contributed by atoms with Crippen LogP contribution >= 0.6 is 11.6 Å². The summed E-state index contributed by atoms with van der Waals surface area (Å²) in [5.74, 6) is 1.34. The van der Waals surface area contributed by atoms with Gasteiger partial charge in [-0.05, 0) is 68.4 Å². The van der Waals surface area contributed by atoms with Crippen LogP contribution in [0.1, 0.15) is 47.8 Å². The Morgan fingerprint density at radius 1 is 0.981 bits per heavy atom. The summed E-state index contributed by atoms with van der Waals surface area (Å²) in [4.78, 5) is 54.5. The molecule has 1 spiro atoms. The third kappa shape index (κ3) is 5.50. The number of aromatic nitrogens is 5. The van der Waals surface area contributed by atoms with E-state index in [1.165, 1.54) is 17.2 Å². The topological polar surface area (TPSA) is 148 Å².